The van der Waals surface area contributed by atoms with E-state index in [9.17, 15) is 5.11 Å². The summed E-state index contributed by atoms with van der Waals surface area (Å²) in [6.07, 6.45) is 3.22. The van der Waals surface area contributed by atoms with Crippen LogP contribution in [0.15, 0.2) is 24.3 Å². The van der Waals surface area contributed by atoms with Crippen molar-refractivity contribution in [3.63, 3.8) is 0 Å². The van der Waals surface area contributed by atoms with Crippen molar-refractivity contribution in [3.05, 3.63) is 29.8 Å². The number of aliphatic hydroxyl groups excluding tert-OH is 1. The van der Waals surface area contributed by atoms with E-state index in [1.807, 2.05) is 31.2 Å². The van der Waals surface area contributed by atoms with Gasteiger partial charge in [-0.1, -0.05) is 24.6 Å². The van der Waals surface area contributed by atoms with Crippen molar-refractivity contribution >= 4 is 0 Å². The van der Waals surface area contributed by atoms with Gasteiger partial charge >= 0.3 is 0 Å². The number of piperidine rings is 1. The highest BCUT2D eigenvalue weighted by Gasteiger charge is 2.37. The highest BCUT2D eigenvalue weighted by molar-refractivity contribution is 5.36. The maximum atomic E-state index is 10.9. The van der Waals surface area contributed by atoms with E-state index < -0.39 is 6.10 Å². The zero-order chi connectivity index (χ0) is 14.6. The molecule has 3 heteroatoms. The highest BCUT2D eigenvalue weighted by atomic mass is 16.5. The molecule has 0 spiro atoms. The van der Waals surface area contributed by atoms with Crippen molar-refractivity contribution < 1.29 is 9.84 Å². The minimum Gasteiger partial charge on any atom is -0.493 e. The van der Waals surface area contributed by atoms with Crippen molar-refractivity contribution in [1.29, 1.82) is 0 Å². The molecule has 20 heavy (non-hydrogen) atoms. The van der Waals surface area contributed by atoms with Crippen molar-refractivity contribution in [2.45, 2.75) is 51.7 Å². The molecule has 1 unspecified atom stereocenters. The van der Waals surface area contributed by atoms with Gasteiger partial charge in [0.25, 0.3) is 0 Å². The number of ether oxygens (including phenoxy) is 1. The fourth-order valence-electron chi connectivity index (χ4n) is 3.02. The fourth-order valence-corrected chi connectivity index (χ4v) is 3.02. The molecule has 1 aliphatic rings. The average molecular weight is 277 g/mol. The molecule has 1 aromatic carbocycles. The van der Waals surface area contributed by atoms with E-state index in [1.54, 1.807) is 0 Å². The SMILES string of the molecule is CCOc1ccccc1C(O)C(C)(C)N1CCCCC1. The second-order valence-electron chi connectivity index (χ2n) is 6.07. The van der Waals surface area contributed by atoms with Gasteiger partial charge in [0.2, 0.25) is 0 Å². The first-order chi connectivity index (χ1) is 9.57. The Bertz CT molecular complexity index is 425. The van der Waals surface area contributed by atoms with Gasteiger partial charge in [-0.05, 0) is 52.8 Å². The molecule has 1 atom stereocenters. The number of para-hydroxylation sites is 1. The minimum atomic E-state index is -0.539. The summed E-state index contributed by atoms with van der Waals surface area (Å²) in [5, 5.41) is 10.9. The van der Waals surface area contributed by atoms with Crippen LogP contribution in [-0.2, 0) is 0 Å². The Morgan fingerprint density at radius 3 is 2.50 bits per heavy atom. The van der Waals surface area contributed by atoms with Gasteiger partial charge in [-0.15, -0.1) is 0 Å². The molecule has 3 nitrogen and oxygen atoms in total. The molecule has 1 saturated heterocycles. The molecular weight excluding hydrogens is 250 g/mol. The van der Waals surface area contributed by atoms with Gasteiger partial charge in [0.15, 0.2) is 0 Å². The van der Waals surface area contributed by atoms with Gasteiger partial charge in [-0.3, -0.25) is 4.90 Å². The van der Waals surface area contributed by atoms with Crippen LogP contribution in [0.5, 0.6) is 5.75 Å². The van der Waals surface area contributed by atoms with Gasteiger partial charge in [0, 0.05) is 11.1 Å². The van der Waals surface area contributed by atoms with Gasteiger partial charge < -0.3 is 9.84 Å². The van der Waals surface area contributed by atoms with E-state index >= 15 is 0 Å². The molecule has 1 aliphatic heterocycles. The number of hydrogen-bond acceptors (Lipinski definition) is 3. The minimum absolute atomic E-state index is 0.270. The maximum absolute atomic E-state index is 10.9. The molecule has 112 valence electrons. The molecule has 0 saturated carbocycles. The van der Waals surface area contributed by atoms with Gasteiger partial charge in [-0.2, -0.15) is 0 Å². The number of likely N-dealkylation sites (tertiary alicyclic amines) is 1. The average Bonchev–Trinajstić information content (AvgIpc) is 2.48. The first-order valence-corrected chi connectivity index (χ1v) is 7.72. The molecule has 1 heterocycles. The third-order valence-corrected chi connectivity index (χ3v) is 4.35. The molecule has 0 aliphatic carbocycles. The van der Waals surface area contributed by atoms with E-state index in [2.05, 4.69) is 18.7 Å². The summed E-state index contributed by atoms with van der Waals surface area (Å²) in [6, 6.07) is 7.83. The number of aliphatic hydroxyl groups is 1. The summed E-state index contributed by atoms with van der Waals surface area (Å²) in [7, 11) is 0. The first-order valence-electron chi connectivity index (χ1n) is 7.72. The van der Waals surface area contributed by atoms with Crippen LogP contribution in [-0.4, -0.2) is 35.2 Å². The number of rotatable bonds is 5. The maximum Gasteiger partial charge on any atom is 0.125 e. The molecule has 0 bridgehead atoms. The van der Waals surface area contributed by atoms with E-state index in [0.29, 0.717) is 6.61 Å². The Hall–Kier alpha value is -1.06. The Morgan fingerprint density at radius 2 is 1.85 bits per heavy atom. The van der Waals surface area contributed by atoms with Crippen LogP contribution in [0.3, 0.4) is 0 Å². The van der Waals surface area contributed by atoms with E-state index in [1.165, 1.54) is 19.3 Å². The largest absolute Gasteiger partial charge is 0.493 e. The van der Waals surface area contributed by atoms with E-state index in [4.69, 9.17) is 4.74 Å². The second kappa shape index (κ2) is 6.59. The summed E-state index contributed by atoms with van der Waals surface area (Å²) >= 11 is 0. The summed E-state index contributed by atoms with van der Waals surface area (Å²) in [5.41, 5.74) is 0.623. The van der Waals surface area contributed by atoms with Crippen molar-refractivity contribution in [1.82, 2.24) is 4.90 Å². The normalized spacial score (nSPS) is 18.8. The predicted octanol–water partition coefficient (Wildman–Crippen LogP) is 3.38. The van der Waals surface area contributed by atoms with Gasteiger partial charge in [-0.25, -0.2) is 0 Å². The molecule has 0 amide bonds. The van der Waals surface area contributed by atoms with Crippen LogP contribution >= 0.6 is 0 Å². The topological polar surface area (TPSA) is 32.7 Å². The van der Waals surface area contributed by atoms with Crippen molar-refractivity contribution in [2.24, 2.45) is 0 Å². The van der Waals surface area contributed by atoms with Crippen molar-refractivity contribution in [3.8, 4) is 5.75 Å². The number of benzene rings is 1. The number of hydrogen-bond donors (Lipinski definition) is 1. The van der Waals surface area contributed by atoms with Crippen LogP contribution < -0.4 is 4.74 Å². The van der Waals surface area contributed by atoms with Crippen molar-refractivity contribution in [2.75, 3.05) is 19.7 Å². The zero-order valence-corrected chi connectivity index (χ0v) is 12.9. The van der Waals surface area contributed by atoms with E-state index in [-0.39, 0.29) is 5.54 Å². The molecule has 0 aromatic heterocycles. The Labute approximate surface area is 122 Å². The Morgan fingerprint density at radius 1 is 1.20 bits per heavy atom. The fraction of sp³-hybridized carbons (Fsp3) is 0.647. The Kier molecular flexibility index (Phi) is 5.06. The number of nitrogens with zero attached hydrogens (tertiary/aromatic N) is 1. The molecule has 1 N–H and O–H groups in total. The van der Waals surface area contributed by atoms with Crippen LogP contribution in [0.4, 0.5) is 0 Å². The molecular formula is C17H27NO2. The van der Waals surface area contributed by atoms with Crippen LogP contribution in [0.2, 0.25) is 0 Å². The molecule has 2 rings (SSSR count). The summed E-state index contributed by atoms with van der Waals surface area (Å²) < 4.78 is 5.66. The first kappa shape index (κ1) is 15.3. The standard InChI is InChI=1S/C17H27NO2/c1-4-20-15-11-7-6-10-14(15)16(19)17(2,3)18-12-8-5-9-13-18/h6-7,10-11,16,19H,4-5,8-9,12-13H2,1-3H3. The van der Waals surface area contributed by atoms with Crippen LogP contribution in [0, 0.1) is 0 Å². The lowest BCUT2D eigenvalue weighted by Crippen LogP contribution is -2.50. The molecule has 0 radical (unpaired) electrons. The smallest absolute Gasteiger partial charge is 0.125 e. The molecule has 1 fully saturated rings. The lowest BCUT2D eigenvalue weighted by molar-refractivity contribution is -0.0220. The van der Waals surface area contributed by atoms with Gasteiger partial charge in [0.05, 0.1) is 6.61 Å². The summed E-state index contributed by atoms with van der Waals surface area (Å²) in [6.45, 7) is 8.99. The quantitative estimate of drug-likeness (QED) is 0.895. The predicted molar refractivity (Wildman–Crippen MR) is 82.1 cm³/mol. The highest BCUT2D eigenvalue weighted by Crippen LogP contribution is 2.37. The summed E-state index contributed by atoms with van der Waals surface area (Å²) in [5.74, 6) is 0.799. The Balaban J connectivity index is 2.22. The lowest BCUT2D eigenvalue weighted by Gasteiger charge is -2.44. The lowest BCUT2D eigenvalue weighted by atomic mass is 9.87. The monoisotopic (exact) mass is 277 g/mol. The van der Waals surface area contributed by atoms with E-state index in [0.717, 1.165) is 24.4 Å². The summed E-state index contributed by atoms with van der Waals surface area (Å²) in [4.78, 5) is 2.41. The van der Waals surface area contributed by atoms with Crippen LogP contribution in [0.25, 0.3) is 0 Å². The van der Waals surface area contributed by atoms with Gasteiger partial charge in [0.1, 0.15) is 11.9 Å². The second-order valence-corrected chi connectivity index (χ2v) is 6.07. The third-order valence-electron chi connectivity index (χ3n) is 4.35. The molecule has 1 aromatic rings. The third kappa shape index (κ3) is 3.15. The zero-order valence-electron chi connectivity index (χ0n) is 12.9. The van der Waals surface area contributed by atoms with Crippen LogP contribution in [0.1, 0.15) is 51.7 Å².